The molecule has 0 bridgehead atoms. The second kappa shape index (κ2) is 5.93. The Kier molecular flexibility index (Phi) is 3.84. The van der Waals surface area contributed by atoms with Crippen molar-refractivity contribution < 1.29 is 0 Å². The number of nitrogens with one attached hydrogen (secondary N) is 2. The van der Waals surface area contributed by atoms with E-state index in [2.05, 4.69) is 51.9 Å². The number of aromatic nitrogens is 1. The maximum atomic E-state index is 3.56. The van der Waals surface area contributed by atoms with Gasteiger partial charge in [-0.05, 0) is 49.7 Å². The smallest absolute Gasteiger partial charge is 0.0469 e. The Labute approximate surface area is 114 Å². The molecule has 2 aromatic rings. The fourth-order valence-electron chi connectivity index (χ4n) is 2.62. The zero-order valence-electron chi connectivity index (χ0n) is 11.2. The second-order valence-electron chi connectivity index (χ2n) is 5.17. The Hall–Kier alpha value is -1.74. The zero-order chi connectivity index (χ0) is 12.9. The number of rotatable bonds is 4. The van der Waals surface area contributed by atoms with Gasteiger partial charge in [0.15, 0.2) is 0 Å². The Morgan fingerprint density at radius 1 is 1.16 bits per heavy atom. The predicted octanol–water partition coefficient (Wildman–Crippen LogP) is 3.03. The van der Waals surface area contributed by atoms with E-state index in [-0.39, 0.29) is 0 Å². The number of nitrogens with zero attached hydrogens (tertiary/aromatic N) is 1. The maximum absolute atomic E-state index is 3.56. The lowest BCUT2D eigenvalue weighted by Crippen LogP contribution is -2.39. The summed E-state index contributed by atoms with van der Waals surface area (Å²) in [4.78, 5) is 0. The van der Waals surface area contributed by atoms with Crippen LogP contribution < -0.4 is 10.6 Å². The first kappa shape index (κ1) is 12.3. The van der Waals surface area contributed by atoms with Crippen LogP contribution in [0.4, 0.5) is 5.69 Å². The molecule has 2 heterocycles. The number of anilines is 1. The van der Waals surface area contributed by atoms with Crippen LogP contribution in [0.1, 0.15) is 19.3 Å². The monoisotopic (exact) mass is 255 g/mol. The lowest BCUT2D eigenvalue weighted by molar-refractivity contribution is 0.414. The van der Waals surface area contributed by atoms with Gasteiger partial charge in [0.2, 0.25) is 0 Å². The minimum atomic E-state index is 0.615. The molecule has 2 N–H and O–H groups in total. The first-order chi connectivity index (χ1) is 9.42. The van der Waals surface area contributed by atoms with Gasteiger partial charge < -0.3 is 15.2 Å². The third-order valence-corrected chi connectivity index (χ3v) is 3.71. The number of benzene rings is 1. The van der Waals surface area contributed by atoms with Gasteiger partial charge in [0.25, 0.3) is 0 Å². The molecule has 3 rings (SSSR count). The SMILES string of the molecule is c1cc(NCC2CCCCN2)cc(-n2cccc2)c1. The summed E-state index contributed by atoms with van der Waals surface area (Å²) in [6.07, 6.45) is 8.09. The van der Waals surface area contributed by atoms with Crippen molar-refractivity contribution in [2.75, 3.05) is 18.4 Å². The summed E-state index contributed by atoms with van der Waals surface area (Å²) in [7, 11) is 0. The van der Waals surface area contributed by atoms with Gasteiger partial charge in [0.1, 0.15) is 0 Å². The van der Waals surface area contributed by atoms with Crippen molar-refractivity contribution in [1.82, 2.24) is 9.88 Å². The molecule has 3 heteroatoms. The summed E-state index contributed by atoms with van der Waals surface area (Å²) in [6, 6.07) is 13.3. The molecule has 1 unspecified atom stereocenters. The first-order valence-electron chi connectivity index (χ1n) is 7.12. The highest BCUT2D eigenvalue weighted by molar-refractivity contribution is 5.51. The van der Waals surface area contributed by atoms with Gasteiger partial charge >= 0.3 is 0 Å². The van der Waals surface area contributed by atoms with Crippen LogP contribution in [-0.4, -0.2) is 23.7 Å². The normalized spacial score (nSPS) is 19.3. The highest BCUT2D eigenvalue weighted by Gasteiger charge is 2.11. The van der Waals surface area contributed by atoms with Crippen LogP contribution in [0, 0.1) is 0 Å². The van der Waals surface area contributed by atoms with Crippen molar-refractivity contribution in [3.8, 4) is 5.69 Å². The van der Waals surface area contributed by atoms with Crippen molar-refractivity contribution in [1.29, 1.82) is 0 Å². The van der Waals surface area contributed by atoms with E-state index in [0.29, 0.717) is 6.04 Å². The van der Waals surface area contributed by atoms with Crippen LogP contribution in [0.2, 0.25) is 0 Å². The van der Waals surface area contributed by atoms with Crippen LogP contribution in [0.5, 0.6) is 0 Å². The van der Waals surface area contributed by atoms with Crippen molar-refractivity contribution in [3.63, 3.8) is 0 Å². The van der Waals surface area contributed by atoms with Crippen LogP contribution >= 0.6 is 0 Å². The van der Waals surface area contributed by atoms with Crippen molar-refractivity contribution in [3.05, 3.63) is 48.8 Å². The molecular weight excluding hydrogens is 234 g/mol. The van der Waals surface area contributed by atoms with E-state index in [1.807, 2.05) is 12.1 Å². The Bertz CT molecular complexity index is 498. The molecule has 1 atom stereocenters. The standard InChI is InChI=1S/C16H21N3/c1-2-9-17-15(6-1)13-18-14-7-5-8-16(12-14)19-10-3-4-11-19/h3-5,7-8,10-12,15,17-18H,1-2,6,9,13H2. The summed E-state index contributed by atoms with van der Waals surface area (Å²) >= 11 is 0. The molecule has 100 valence electrons. The number of hydrogen-bond donors (Lipinski definition) is 2. The van der Waals surface area contributed by atoms with E-state index in [9.17, 15) is 0 Å². The highest BCUT2D eigenvalue weighted by Crippen LogP contribution is 2.15. The molecule has 0 radical (unpaired) electrons. The first-order valence-corrected chi connectivity index (χ1v) is 7.12. The molecule has 19 heavy (non-hydrogen) atoms. The topological polar surface area (TPSA) is 29.0 Å². The minimum Gasteiger partial charge on any atom is -0.383 e. The summed E-state index contributed by atoms with van der Waals surface area (Å²) in [5.74, 6) is 0. The predicted molar refractivity (Wildman–Crippen MR) is 79.9 cm³/mol. The molecule has 1 aromatic carbocycles. The Morgan fingerprint density at radius 3 is 2.84 bits per heavy atom. The molecule has 1 aliphatic rings. The molecule has 1 aliphatic heterocycles. The van der Waals surface area contributed by atoms with Gasteiger partial charge in [-0.25, -0.2) is 0 Å². The minimum absolute atomic E-state index is 0.615. The van der Waals surface area contributed by atoms with Gasteiger partial charge in [-0.2, -0.15) is 0 Å². The molecule has 3 nitrogen and oxygen atoms in total. The van der Waals surface area contributed by atoms with Crippen LogP contribution in [0.25, 0.3) is 5.69 Å². The molecule has 1 aromatic heterocycles. The van der Waals surface area contributed by atoms with Crippen molar-refractivity contribution >= 4 is 5.69 Å². The van der Waals surface area contributed by atoms with E-state index in [0.717, 1.165) is 13.1 Å². The van der Waals surface area contributed by atoms with Crippen molar-refractivity contribution in [2.45, 2.75) is 25.3 Å². The fraction of sp³-hybridized carbons (Fsp3) is 0.375. The summed E-state index contributed by atoms with van der Waals surface area (Å²) in [5, 5.41) is 7.10. The van der Waals surface area contributed by atoms with E-state index >= 15 is 0 Å². The molecular formula is C16H21N3. The molecule has 1 fully saturated rings. The summed E-state index contributed by atoms with van der Waals surface area (Å²) in [6.45, 7) is 2.17. The molecule has 0 aliphatic carbocycles. The van der Waals surface area contributed by atoms with E-state index in [1.54, 1.807) is 0 Å². The van der Waals surface area contributed by atoms with Crippen LogP contribution in [-0.2, 0) is 0 Å². The van der Waals surface area contributed by atoms with Crippen LogP contribution in [0.15, 0.2) is 48.8 Å². The third-order valence-electron chi connectivity index (χ3n) is 3.71. The molecule has 1 saturated heterocycles. The summed E-state index contributed by atoms with van der Waals surface area (Å²) < 4.78 is 2.13. The lowest BCUT2D eigenvalue weighted by atomic mass is 10.1. The molecule has 0 spiro atoms. The van der Waals surface area contributed by atoms with E-state index < -0.39 is 0 Å². The van der Waals surface area contributed by atoms with Crippen LogP contribution in [0.3, 0.4) is 0 Å². The average Bonchev–Trinajstić information content (AvgIpc) is 3.01. The lowest BCUT2D eigenvalue weighted by Gasteiger charge is -2.24. The number of piperidine rings is 1. The van der Waals surface area contributed by atoms with E-state index in [1.165, 1.54) is 30.6 Å². The fourth-order valence-corrected chi connectivity index (χ4v) is 2.62. The maximum Gasteiger partial charge on any atom is 0.0469 e. The second-order valence-corrected chi connectivity index (χ2v) is 5.17. The summed E-state index contributed by atoms with van der Waals surface area (Å²) in [5.41, 5.74) is 2.39. The highest BCUT2D eigenvalue weighted by atomic mass is 15.0. The van der Waals surface area contributed by atoms with Gasteiger partial charge in [0.05, 0.1) is 0 Å². The van der Waals surface area contributed by atoms with Gasteiger partial charge in [-0.1, -0.05) is 12.5 Å². The number of hydrogen-bond acceptors (Lipinski definition) is 2. The largest absolute Gasteiger partial charge is 0.383 e. The quantitative estimate of drug-likeness (QED) is 0.879. The van der Waals surface area contributed by atoms with Gasteiger partial charge in [-0.15, -0.1) is 0 Å². The van der Waals surface area contributed by atoms with Crippen molar-refractivity contribution in [2.24, 2.45) is 0 Å². The zero-order valence-corrected chi connectivity index (χ0v) is 11.2. The van der Waals surface area contributed by atoms with E-state index in [4.69, 9.17) is 0 Å². The Morgan fingerprint density at radius 2 is 2.05 bits per heavy atom. The average molecular weight is 255 g/mol. The molecule has 0 saturated carbocycles. The molecule has 0 amide bonds. The van der Waals surface area contributed by atoms with Gasteiger partial charge in [0, 0.05) is 36.4 Å². The van der Waals surface area contributed by atoms with Gasteiger partial charge in [-0.3, -0.25) is 0 Å². The third kappa shape index (κ3) is 3.18. The Balaban J connectivity index is 1.63.